The second-order valence-electron chi connectivity index (χ2n) is 8.80. The van der Waals surface area contributed by atoms with Crippen molar-refractivity contribution in [2.24, 2.45) is 5.92 Å². The number of methoxy groups -OCH3 is 1. The smallest absolute Gasteiger partial charge is 0.410 e. The summed E-state index contributed by atoms with van der Waals surface area (Å²) < 4.78 is 16.7. The molecule has 2 unspecified atom stereocenters. The van der Waals surface area contributed by atoms with Gasteiger partial charge >= 0.3 is 6.09 Å². The molecule has 30 heavy (non-hydrogen) atoms. The first kappa shape index (κ1) is 22.1. The molecular weight excluding hydrogens is 388 g/mol. The van der Waals surface area contributed by atoms with Gasteiger partial charge < -0.3 is 24.0 Å². The Kier molecular flexibility index (Phi) is 6.99. The molecule has 2 aliphatic heterocycles. The second kappa shape index (κ2) is 9.49. The van der Waals surface area contributed by atoms with E-state index in [1.807, 2.05) is 25.7 Å². The van der Waals surface area contributed by atoms with Gasteiger partial charge in [-0.1, -0.05) is 0 Å². The summed E-state index contributed by atoms with van der Waals surface area (Å²) in [7, 11) is 1.52. The highest BCUT2D eigenvalue weighted by Crippen LogP contribution is 2.26. The lowest BCUT2D eigenvalue weighted by molar-refractivity contribution is -0.139. The number of hydrogen-bond donors (Lipinski definition) is 0. The number of carbonyl (C=O) groups excluding carboxylic acids is 2. The van der Waals surface area contributed by atoms with E-state index in [2.05, 4.69) is 9.97 Å². The fourth-order valence-corrected chi connectivity index (χ4v) is 3.86. The average Bonchev–Trinajstić information content (AvgIpc) is 2.72. The van der Waals surface area contributed by atoms with E-state index in [0.717, 1.165) is 25.7 Å². The van der Waals surface area contributed by atoms with Crippen LogP contribution in [0, 0.1) is 5.92 Å². The third-order valence-corrected chi connectivity index (χ3v) is 5.22. The maximum absolute atomic E-state index is 13.2. The molecule has 0 aliphatic carbocycles. The van der Waals surface area contributed by atoms with Crippen molar-refractivity contribution in [3.63, 3.8) is 0 Å². The van der Waals surface area contributed by atoms with Crippen LogP contribution in [0.15, 0.2) is 12.4 Å². The molecule has 0 spiro atoms. The second-order valence-corrected chi connectivity index (χ2v) is 8.80. The predicted octanol–water partition coefficient (Wildman–Crippen LogP) is 2.50. The molecule has 9 heteroatoms. The van der Waals surface area contributed by atoms with Gasteiger partial charge in [-0.05, 0) is 46.5 Å². The van der Waals surface area contributed by atoms with Crippen LogP contribution in [0.3, 0.4) is 0 Å². The monoisotopic (exact) mass is 420 g/mol. The molecule has 3 heterocycles. The number of piperidine rings is 2. The lowest BCUT2D eigenvalue weighted by atomic mass is 9.95. The molecule has 3 rings (SSSR count). The first-order valence-corrected chi connectivity index (χ1v) is 10.5. The number of rotatable bonds is 4. The molecule has 0 bridgehead atoms. The molecule has 1 aromatic rings. The topological polar surface area (TPSA) is 94.1 Å². The minimum Gasteiger partial charge on any atom is -0.477 e. The molecule has 9 nitrogen and oxygen atoms in total. The van der Waals surface area contributed by atoms with E-state index in [0.29, 0.717) is 37.9 Å². The van der Waals surface area contributed by atoms with E-state index in [1.54, 1.807) is 17.3 Å². The maximum Gasteiger partial charge on any atom is 0.410 e. The molecule has 1 aromatic heterocycles. The SMILES string of the molecule is COc1nccnc1OC1CCCN(C(=O)C2CCCN(C(=O)OC(C)(C)C)C2)C1. The lowest BCUT2D eigenvalue weighted by Crippen LogP contribution is -2.51. The number of nitrogens with zero attached hydrogens (tertiary/aromatic N) is 4. The minimum atomic E-state index is -0.549. The Balaban J connectivity index is 1.58. The Morgan fingerprint density at radius 3 is 2.37 bits per heavy atom. The highest BCUT2D eigenvalue weighted by molar-refractivity contribution is 5.80. The zero-order valence-electron chi connectivity index (χ0n) is 18.3. The van der Waals surface area contributed by atoms with Crippen LogP contribution in [-0.2, 0) is 9.53 Å². The number of carbonyl (C=O) groups is 2. The molecule has 2 atom stereocenters. The molecule has 0 N–H and O–H groups in total. The van der Waals surface area contributed by atoms with Crippen molar-refractivity contribution < 1.29 is 23.8 Å². The summed E-state index contributed by atoms with van der Waals surface area (Å²) in [4.78, 5) is 37.4. The van der Waals surface area contributed by atoms with Gasteiger partial charge in [-0.3, -0.25) is 4.79 Å². The third kappa shape index (κ3) is 5.73. The zero-order chi connectivity index (χ0) is 21.7. The lowest BCUT2D eigenvalue weighted by Gasteiger charge is -2.38. The quantitative estimate of drug-likeness (QED) is 0.739. The van der Waals surface area contributed by atoms with Crippen molar-refractivity contribution >= 4 is 12.0 Å². The Morgan fingerprint density at radius 1 is 1.00 bits per heavy atom. The Bertz CT molecular complexity index is 751. The summed E-state index contributed by atoms with van der Waals surface area (Å²) >= 11 is 0. The van der Waals surface area contributed by atoms with E-state index in [9.17, 15) is 9.59 Å². The maximum atomic E-state index is 13.2. The van der Waals surface area contributed by atoms with E-state index < -0.39 is 5.60 Å². The minimum absolute atomic E-state index is 0.0719. The molecule has 2 saturated heterocycles. The van der Waals surface area contributed by atoms with Crippen molar-refractivity contribution in [2.75, 3.05) is 33.3 Å². The largest absolute Gasteiger partial charge is 0.477 e. The number of likely N-dealkylation sites (tertiary alicyclic amines) is 2. The van der Waals surface area contributed by atoms with Crippen molar-refractivity contribution in [3.05, 3.63) is 12.4 Å². The molecule has 0 saturated carbocycles. The zero-order valence-corrected chi connectivity index (χ0v) is 18.3. The van der Waals surface area contributed by atoms with Crippen LogP contribution in [0.2, 0.25) is 0 Å². The van der Waals surface area contributed by atoms with Gasteiger partial charge in [0.15, 0.2) is 0 Å². The molecule has 2 aliphatic rings. The van der Waals surface area contributed by atoms with Crippen LogP contribution in [0.1, 0.15) is 46.5 Å². The van der Waals surface area contributed by atoms with Gasteiger partial charge in [-0.2, -0.15) is 0 Å². The third-order valence-electron chi connectivity index (χ3n) is 5.22. The van der Waals surface area contributed by atoms with Crippen LogP contribution in [0.25, 0.3) is 0 Å². The molecule has 166 valence electrons. The van der Waals surface area contributed by atoms with Crippen molar-refractivity contribution in [2.45, 2.75) is 58.2 Å². The van der Waals surface area contributed by atoms with Gasteiger partial charge in [0.2, 0.25) is 5.91 Å². The van der Waals surface area contributed by atoms with E-state index >= 15 is 0 Å². The first-order chi connectivity index (χ1) is 14.3. The summed E-state index contributed by atoms with van der Waals surface area (Å²) in [5.41, 5.74) is -0.549. The van der Waals surface area contributed by atoms with Gasteiger partial charge in [-0.15, -0.1) is 0 Å². The van der Waals surface area contributed by atoms with Crippen molar-refractivity contribution in [1.29, 1.82) is 0 Å². The fourth-order valence-electron chi connectivity index (χ4n) is 3.86. The molecular formula is C21H32N4O5. The van der Waals surface area contributed by atoms with Gasteiger partial charge in [0.05, 0.1) is 19.6 Å². The predicted molar refractivity (Wildman–Crippen MR) is 109 cm³/mol. The Morgan fingerprint density at radius 2 is 1.67 bits per heavy atom. The number of aromatic nitrogens is 2. The van der Waals surface area contributed by atoms with Gasteiger partial charge in [0.25, 0.3) is 11.8 Å². The summed E-state index contributed by atoms with van der Waals surface area (Å²) in [6.45, 7) is 7.73. The van der Waals surface area contributed by atoms with Crippen LogP contribution in [0.4, 0.5) is 4.79 Å². The Hall–Kier alpha value is -2.58. The van der Waals surface area contributed by atoms with Crippen molar-refractivity contribution in [1.82, 2.24) is 19.8 Å². The van der Waals surface area contributed by atoms with E-state index in [1.165, 1.54) is 7.11 Å². The van der Waals surface area contributed by atoms with Crippen molar-refractivity contribution in [3.8, 4) is 11.8 Å². The molecule has 0 aromatic carbocycles. The van der Waals surface area contributed by atoms with Gasteiger partial charge in [0, 0.05) is 32.0 Å². The summed E-state index contributed by atoms with van der Waals surface area (Å²) in [5.74, 6) is 0.535. The highest BCUT2D eigenvalue weighted by atomic mass is 16.6. The van der Waals surface area contributed by atoms with Gasteiger partial charge in [-0.25, -0.2) is 14.8 Å². The van der Waals surface area contributed by atoms with E-state index in [-0.39, 0.29) is 24.0 Å². The molecule has 2 amide bonds. The number of amides is 2. The molecule has 0 radical (unpaired) electrons. The highest BCUT2D eigenvalue weighted by Gasteiger charge is 2.35. The van der Waals surface area contributed by atoms with E-state index in [4.69, 9.17) is 14.2 Å². The van der Waals surface area contributed by atoms with Gasteiger partial charge in [0.1, 0.15) is 11.7 Å². The summed E-state index contributed by atoms with van der Waals surface area (Å²) in [5, 5.41) is 0. The standard InChI is InChI=1S/C21H32N4O5/c1-21(2,3)30-20(27)25-12-5-7-15(13-25)19(26)24-11-6-8-16(14-24)29-18-17(28-4)22-9-10-23-18/h9-10,15-16H,5-8,11-14H2,1-4H3. The number of hydrogen-bond acceptors (Lipinski definition) is 7. The number of ether oxygens (including phenoxy) is 3. The average molecular weight is 421 g/mol. The first-order valence-electron chi connectivity index (χ1n) is 10.5. The fraction of sp³-hybridized carbons (Fsp3) is 0.714. The summed E-state index contributed by atoms with van der Waals surface area (Å²) in [6.07, 6.45) is 5.82. The normalized spacial score (nSPS) is 22.4. The van der Waals surface area contributed by atoms with Crippen LogP contribution in [0.5, 0.6) is 11.8 Å². The molecule has 2 fully saturated rings. The van der Waals surface area contributed by atoms with Crippen LogP contribution in [-0.4, -0.2) is 76.8 Å². The van der Waals surface area contributed by atoms with Crippen LogP contribution >= 0.6 is 0 Å². The summed E-state index contributed by atoms with van der Waals surface area (Å²) in [6, 6.07) is 0. The Labute approximate surface area is 177 Å². The van der Waals surface area contributed by atoms with Crippen LogP contribution < -0.4 is 9.47 Å².